The number of morpholine rings is 1. The van der Waals surface area contributed by atoms with Gasteiger partial charge in [0.1, 0.15) is 29.8 Å². The molecule has 170 valence electrons. The van der Waals surface area contributed by atoms with Crippen molar-refractivity contribution in [2.75, 3.05) is 44.4 Å². The number of amides is 1. The Bertz CT molecular complexity index is 795. The smallest absolute Gasteiger partial charge is 0.240 e. The van der Waals surface area contributed by atoms with Crippen molar-refractivity contribution < 1.29 is 14.3 Å². The highest BCUT2D eigenvalue weighted by Gasteiger charge is 2.33. The molecule has 2 saturated heterocycles. The standard InChI is InChI=1S/C21H33N7O3/c1-3-4-9-31-15(2)25-21-19(20(22)23)26-18(29)14-28(21)13-16-5-6-24-17(12-16)27-7-10-30-11-8-27/h5-6,12,15,19H,3-4,7-11,13-14H2,1-2H3,(H3,22,23)(H,26,29). The second-order valence-corrected chi connectivity index (χ2v) is 7.74. The van der Waals surface area contributed by atoms with Gasteiger partial charge in [-0.3, -0.25) is 10.2 Å². The number of unbranched alkanes of at least 4 members (excludes halogenated alkanes) is 1. The number of ether oxygens (including phenoxy) is 2. The van der Waals surface area contributed by atoms with E-state index in [1.54, 1.807) is 6.20 Å². The number of carbonyl (C=O) groups excluding carboxylic acids is 1. The second kappa shape index (κ2) is 11.1. The van der Waals surface area contributed by atoms with Gasteiger partial charge in [-0.25, -0.2) is 9.98 Å². The molecular formula is C21H33N7O3. The zero-order valence-corrected chi connectivity index (χ0v) is 18.3. The Morgan fingerprint density at radius 3 is 2.97 bits per heavy atom. The second-order valence-electron chi connectivity index (χ2n) is 7.74. The summed E-state index contributed by atoms with van der Waals surface area (Å²) < 4.78 is 11.2. The number of hydrogen-bond donors (Lipinski definition) is 3. The van der Waals surface area contributed by atoms with Crippen molar-refractivity contribution in [2.45, 2.75) is 45.5 Å². The van der Waals surface area contributed by atoms with Gasteiger partial charge in [0, 0.05) is 32.4 Å². The highest BCUT2D eigenvalue weighted by Crippen LogP contribution is 2.18. The van der Waals surface area contributed by atoms with Gasteiger partial charge in [0.05, 0.1) is 19.8 Å². The van der Waals surface area contributed by atoms with E-state index in [1.807, 2.05) is 24.0 Å². The fourth-order valence-corrected chi connectivity index (χ4v) is 3.58. The minimum atomic E-state index is -0.765. The molecule has 2 aliphatic rings. The van der Waals surface area contributed by atoms with Crippen LogP contribution in [0.25, 0.3) is 0 Å². The normalized spacial score (nSPS) is 21.8. The van der Waals surface area contributed by atoms with Crippen molar-refractivity contribution in [1.82, 2.24) is 15.2 Å². The van der Waals surface area contributed by atoms with Crippen molar-refractivity contribution in [3.05, 3.63) is 23.9 Å². The number of nitrogens with two attached hydrogens (primary N) is 1. The number of pyridine rings is 1. The number of anilines is 1. The third-order valence-corrected chi connectivity index (χ3v) is 5.22. The molecule has 1 aromatic rings. The van der Waals surface area contributed by atoms with Crippen LogP contribution in [0.1, 0.15) is 32.3 Å². The van der Waals surface area contributed by atoms with E-state index in [1.165, 1.54) is 0 Å². The molecule has 2 fully saturated rings. The van der Waals surface area contributed by atoms with Crippen molar-refractivity contribution >= 4 is 23.4 Å². The van der Waals surface area contributed by atoms with Crippen LogP contribution in [0.5, 0.6) is 0 Å². The predicted octanol–water partition coefficient (Wildman–Crippen LogP) is 0.716. The molecule has 2 unspecified atom stereocenters. The Hall–Kier alpha value is -2.72. The number of amidine groups is 2. The number of aliphatic imine (C=N–C) groups is 1. The summed E-state index contributed by atoms with van der Waals surface area (Å²) in [6, 6.07) is 3.19. The van der Waals surface area contributed by atoms with Gasteiger partial charge < -0.3 is 30.3 Å². The monoisotopic (exact) mass is 431 g/mol. The molecule has 1 amide bonds. The molecule has 3 rings (SSSR count). The molecule has 1 aromatic heterocycles. The van der Waals surface area contributed by atoms with Gasteiger partial charge in [0.25, 0.3) is 0 Å². The van der Waals surface area contributed by atoms with Crippen molar-refractivity contribution in [1.29, 1.82) is 5.41 Å². The fraction of sp³-hybridized carbons (Fsp3) is 0.619. The van der Waals surface area contributed by atoms with Gasteiger partial charge in [0.15, 0.2) is 0 Å². The van der Waals surface area contributed by atoms with Gasteiger partial charge in [-0.05, 0) is 31.0 Å². The van der Waals surface area contributed by atoms with Crippen LogP contribution in [0, 0.1) is 5.41 Å². The fourth-order valence-electron chi connectivity index (χ4n) is 3.58. The summed E-state index contributed by atoms with van der Waals surface area (Å²) in [5.74, 6) is 1.09. The zero-order valence-electron chi connectivity index (χ0n) is 18.3. The first-order valence-corrected chi connectivity index (χ1v) is 10.8. The van der Waals surface area contributed by atoms with Crippen LogP contribution in [0.2, 0.25) is 0 Å². The number of piperazine rings is 1. The van der Waals surface area contributed by atoms with E-state index in [4.69, 9.17) is 20.6 Å². The van der Waals surface area contributed by atoms with Crippen LogP contribution in [0.4, 0.5) is 5.82 Å². The van der Waals surface area contributed by atoms with E-state index >= 15 is 0 Å². The molecule has 4 N–H and O–H groups in total. The zero-order chi connectivity index (χ0) is 22.2. The van der Waals surface area contributed by atoms with Gasteiger partial charge in [0.2, 0.25) is 5.91 Å². The molecule has 2 atom stereocenters. The number of nitrogens with one attached hydrogen (secondary N) is 2. The summed E-state index contributed by atoms with van der Waals surface area (Å²) in [6.07, 6.45) is 3.37. The predicted molar refractivity (Wildman–Crippen MR) is 119 cm³/mol. The molecule has 10 nitrogen and oxygen atoms in total. The van der Waals surface area contributed by atoms with E-state index < -0.39 is 12.3 Å². The molecule has 10 heteroatoms. The number of hydrogen-bond acceptors (Lipinski definition) is 7. The molecule has 0 saturated carbocycles. The maximum atomic E-state index is 12.3. The SMILES string of the molecule is CCCCOC(C)N=C1C(C(=N)N)NC(=O)CN1Cc1ccnc(N2CCOCC2)c1. The van der Waals surface area contributed by atoms with Crippen LogP contribution in [0.15, 0.2) is 23.3 Å². The highest BCUT2D eigenvalue weighted by atomic mass is 16.5. The number of carbonyl (C=O) groups is 1. The third-order valence-electron chi connectivity index (χ3n) is 5.22. The summed E-state index contributed by atoms with van der Waals surface area (Å²) in [7, 11) is 0. The molecule has 0 spiro atoms. The number of nitrogens with zero attached hydrogens (tertiary/aromatic N) is 4. The summed E-state index contributed by atoms with van der Waals surface area (Å²) in [5, 5.41) is 10.7. The van der Waals surface area contributed by atoms with Crippen LogP contribution in [-0.2, 0) is 20.8 Å². The molecule has 3 heterocycles. The minimum Gasteiger partial charge on any atom is -0.386 e. The third kappa shape index (κ3) is 6.38. The van der Waals surface area contributed by atoms with Crippen LogP contribution in [-0.4, -0.2) is 79.2 Å². The Balaban J connectivity index is 1.80. The van der Waals surface area contributed by atoms with Gasteiger partial charge >= 0.3 is 0 Å². The largest absolute Gasteiger partial charge is 0.386 e. The van der Waals surface area contributed by atoms with Gasteiger partial charge in [-0.2, -0.15) is 0 Å². The van der Waals surface area contributed by atoms with E-state index in [0.717, 1.165) is 37.3 Å². The van der Waals surface area contributed by atoms with Crippen molar-refractivity contribution in [3.8, 4) is 0 Å². The van der Waals surface area contributed by atoms with E-state index in [2.05, 4.69) is 27.1 Å². The van der Waals surface area contributed by atoms with Crippen molar-refractivity contribution in [2.24, 2.45) is 10.7 Å². The molecule has 31 heavy (non-hydrogen) atoms. The molecule has 0 bridgehead atoms. The summed E-state index contributed by atoms with van der Waals surface area (Å²) in [4.78, 5) is 25.5. The molecular weight excluding hydrogens is 398 g/mol. The molecule has 0 aromatic carbocycles. The Morgan fingerprint density at radius 1 is 1.48 bits per heavy atom. The first-order valence-electron chi connectivity index (χ1n) is 10.8. The first-order chi connectivity index (χ1) is 15.0. The Kier molecular flexibility index (Phi) is 8.19. The molecule has 0 radical (unpaired) electrons. The van der Waals surface area contributed by atoms with Gasteiger partial charge in [-0.15, -0.1) is 0 Å². The minimum absolute atomic E-state index is 0.138. The maximum Gasteiger partial charge on any atom is 0.240 e. The van der Waals surface area contributed by atoms with Crippen molar-refractivity contribution in [3.63, 3.8) is 0 Å². The summed E-state index contributed by atoms with van der Waals surface area (Å²) in [5.41, 5.74) is 6.79. The maximum absolute atomic E-state index is 12.3. The Labute approximate surface area is 183 Å². The van der Waals surface area contributed by atoms with Crippen LogP contribution in [0.3, 0.4) is 0 Å². The quantitative estimate of drug-likeness (QED) is 0.298. The van der Waals surface area contributed by atoms with Gasteiger partial charge in [-0.1, -0.05) is 13.3 Å². The Morgan fingerprint density at radius 2 is 2.26 bits per heavy atom. The summed E-state index contributed by atoms with van der Waals surface area (Å²) >= 11 is 0. The highest BCUT2D eigenvalue weighted by molar-refractivity contribution is 6.12. The van der Waals surface area contributed by atoms with E-state index in [9.17, 15) is 4.79 Å². The lowest BCUT2D eigenvalue weighted by atomic mass is 10.1. The van der Waals surface area contributed by atoms with E-state index in [0.29, 0.717) is 32.2 Å². The first kappa shape index (κ1) is 23.0. The van der Waals surface area contributed by atoms with E-state index in [-0.39, 0.29) is 18.3 Å². The average molecular weight is 432 g/mol. The number of aromatic nitrogens is 1. The lowest BCUT2D eigenvalue weighted by Crippen LogP contribution is -2.62. The topological polar surface area (TPSA) is 129 Å². The summed E-state index contributed by atoms with van der Waals surface area (Å²) in [6.45, 7) is 8.14. The average Bonchev–Trinajstić information content (AvgIpc) is 2.76. The molecule has 2 aliphatic heterocycles. The lowest BCUT2D eigenvalue weighted by Gasteiger charge is -2.36. The van der Waals surface area contributed by atoms with Crippen LogP contribution >= 0.6 is 0 Å². The number of rotatable bonds is 9. The van der Waals surface area contributed by atoms with Crippen LogP contribution < -0.4 is 16.0 Å². The lowest BCUT2D eigenvalue weighted by molar-refractivity contribution is -0.122. The molecule has 0 aliphatic carbocycles.